The third-order valence-electron chi connectivity index (χ3n) is 15.5. The van der Waals surface area contributed by atoms with Crippen molar-refractivity contribution in [2.24, 2.45) is 0 Å². The van der Waals surface area contributed by atoms with Gasteiger partial charge in [-0.1, -0.05) is 289 Å². The summed E-state index contributed by atoms with van der Waals surface area (Å²) in [6, 6.07) is -0.892. The number of carbonyl (C=O) groups excluding carboxylic acids is 1. The second-order valence-corrected chi connectivity index (χ2v) is 22.4. The van der Waals surface area contributed by atoms with E-state index in [9.17, 15) is 35.4 Å². The van der Waals surface area contributed by atoms with Gasteiger partial charge in [-0.05, 0) is 38.5 Å². The molecule has 10 nitrogen and oxygen atoms in total. The van der Waals surface area contributed by atoms with Crippen molar-refractivity contribution >= 4 is 5.91 Å². The minimum absolute atomic E-state index is 0.251. The Bertz CT molecular complexity index is 1160. The smallest absolute Gasteiger partial charge is 0.249 e. The Morgan fingerprint density at radius 3 is 1.12 bits per heavy atom. The Hall–Kier alpha value is -1.11. The molecule has 1 aliphatic rings. The first-order valence-corrected chi connectivity index (χ1v) is 31.5. The Labute approximate surface area is 444 Å². The number of ether oxygens (including phenoxy) is 2. The maximum absolute atomic E-state index is 13.2. The summed E-state index contributed by atoms with van der Waals surface area (Å²) in [6.07, 6.45) is 54.4. The van der Waals surface area contributed by atoms with Gasteiger partial charge in [-0.2, -0.15) is 0 Å². The lowest BCUT2D eigenvalue weighted by Crippen LogP contribution is -2.60. The number of hydrogen-bond acceptors (Lipinski definition) is 9. The number of unbranched alkanes of at least 4 members (excludes halogenated alkanes) is 42. The van der Waals surface area contributed by atoms with E-state index in [-0.39, 0.29) is 6.61 Å². The molecule has 0 radical (unpaired) electrons. The van der Waals surface area contributed by atoms with Crippen molar-refractivity contribution in [2.45, 2.75) is 365 Å². The molecule has 0 aromatic rings. The summed E-state index contributed by atoms with van der Waals surface area (Å²) >= 11 is 0. The summed E-state index contributed by atoms with van der Waals surface area (Å²) in [4.78, 5) is 13.2. The maximum Gasteiger partial charge on any atom is 0.249 e. The fourth-order valence-electron chi connectivity index (χ4n) is 10.4. The van der Waals surface area contributed by atoms with E-state index in [4.69, 9.17) is 9.47 Å². The summed E-state index contributed by atoms with van der Waals surface area (Å²) in [6.45, 7) is 3.72. The fourth-order valence-corrected chi connectivity index (χ4v) is 10.4. The molecule has 0 aromatic heterocycles. The number of carbonyl (C=O) groups is 1. The van der Waals surface area contributed by atoms with Crippen LogP contribution in [0.4, 0.5) is 0 Å². The van der Waals surface area contributed by atoms with E-state index in [0.717, 1.165) is 38.5 Å². The molecule has 0 saturated carbocycles. The molecule has 1 aliphatic heterocycles. The van der Waals surface area contributed by atoms with Crippen LogP contribution in [-0.2, 0) is 14.3 Å². The first-order chi connectivity index (χ1) is 35.3. The minimum Gasteiger partial charge on any atom is -0.394 e. The Kier molecular flexibility index (Phi) is 49.7. The fraction of sp³-hybridized carbons (Fsp3) is 0.952. The van der Waals surface area contributed by atoms with Crippen LogP contribution in [0.3, 0.4) is 0 Å². The maximum atomic E-state index is 13.2. The van der Waals surface area contributed by atoms with E-state index < -0.39 is 61.5 Å². The quantitative estimate of drug-likeness (QED) is 0.0232. The monoisotopic (exact) mass is 1020 g/mol. The average Bonchev–Trinajstić information content (AvgIpc) is 3.38. The molecule has 0 spiro atoms. The van der Waals surface area contributed by atoms with Crippen molar-refractivity contribution in [3.05, 3.63) is 12.2 Å². The van der Waals surface area contributed by atoms with Crippen molar-refractivity contribution in [3.63, 3.8) is 0 Å². The van der Waals surface area contributed by atoms with Crippen LogP contribution in [0.5, 0.6) is 0 Å². The molecule has 7 N–H and O–H groups in total. The summed E-state index contributed by atoms with van der Waals surface area (Å²) in [5.41, 5.74) is 0. The molecule has 10 heteroatoms. The van der Waals surface area contributed by atoms with E-state index in [2.05, 4.69) is 31.3 Å². The lowest BCUT2D eigenvalue weighted by Gasteiger charge is -2.40. The van der Waals surface area contributed by atoms with Gasteiger partial charge in [-0.25, -0.2) is 0 Å². The number of amides is 1. The summed E-state index contributed by atoms with van der Waals surface area (Å²) in [5, 5.41) is 65.3. The first-order valence-electron chi connectivity index (χ1n) is 31.5. The van der Waals surface area contributed by atoms with E-state index in [1.165, 1.54) is 250 Å². The summed E-state index contributed by atoms with van der Waals surface area (Å²) in [7, 11) is 0. The minimum atomic E-state index is -1.60. The van der Waals surface area contributed by atoms with Crippen LogP contribution in [0.1, 0.15) is 316 Å². The first kappa shape index (κ1) is 68.9. The lowest BCUT2D eigenvalue weighted by molar-refractivity contribution is -0.302. The molecule has 1 saturated heterocycles. The molecule has 1 rings (SSSR count). The predicted octanol–water partition coefficient (Wildman–Crippen LogP) is 14.9. The summed E-state index contributed by atoms with van der Waals surface area (Å²) in [5.74, 6) is -0.577. The number of allylic oxidation sites excluding steroid dienone is 2. The molecule has 8 atom stereocenters. The molecule has 1 amide bonds. The van der Waals surface area contributed by atoms with Crippen molar-refractivity contribution < 1.29 is 44.9 Å². The van der Waals surface area contributed by atoms with Crippen LogP contribution < -0.4 is 5.32 Å². The van der Waals surface area contributed by atoms with Gasteiger partial charge in [0, 0.05) is 0 Å². The van der Waals surface area contributed by atoms with E-state index >= 15 is 0 Å². The molecule has 0 bridgehead atoms. The number of aliphatic hydroxyl groups excluding tert-OH is 6. The topological polar surface area (TPSA) is 169 Å². The standard InChI is InChI=1S/C62H121NO9/c1-3-5-7-9-11-13-15-17-19-21-22-23-24-25-26-27-28-29-30-31-32-33-34-35-37-39-41-43-45-47-49-51-56(66)61(70)63-54(53-71-62-60(69)59(68)58(67)57(52-64)72-62)55(65)50-48-46-44-42-40-38-36-20-18-16-14-12-10-8-6-4-2/h25-26,54-60,62,64-69H,3-24,27-53H2,1-2H3,(H,63,70)/b26-25-. The zero-order chi connectivity index (χ0) is 52.4. The number of rotatable bonds is 55. The van der Waals surface area contributed by atoms with E-state index in [1.807, 2.05) is 0 Å². The molecule has 0 aliphatic carbocycles. The summed E-state index contributed by atoms with van der Waals surface area (Å²) < 4.78 is 11.3. The second-order valence-electron chi connectivity index (χ2n) is 22.4. The van der Waals surface area contributed by atoms with Crippen LogP contribution >= 0.6 is 0 Å². The van der Waals surface area contributed by atoms with Gasteiger partial charge in [-0.15, -0.1) is 0 Å². The normalized spacial score (nSPS) is 19.6. The van der Waals surface area contributed by atoms with Crippen LogP contribution in [0.2, 0.25) is 0 Å². The molecule has 8 unspecified atom stereocenters. The van der Waals surface area contributed by atoms with Gasteiger partial charge in [-0.3, -0.25) is 4.79 Å². The van der Waals surface area contributed by atoms with Crippen LogP contribution in [0, 0.1) is 0 Å². The molecule has 1 fully saturated rings. The number of hydrogen-bond donors (Lipinski definition) is 7. The van der Waals surface area contributed by atoms with Crippen LogP contribution in [0.15, 0.2) is 12.2 Å². The number of nitrogens with one attached hydrogen (secondary N) is 1. The van der Waals surface area contributed by atoms with Gasteiger partial charge in [0.1, 0.15) is 30.5 Å². The van der Waals surface area contributed by atoms with Gasteiger partial charge < -0.3 is 45.4 Å². The van der Waals surface area contributed by atoms with E-state index in [0.29, 0.717) is 12.8 Å². The van der Waals surface area contributed by atoms with Crippen molar-refractivity contribution in [1.29, 1.82) is 0 Å². The van der Waals surface area contributed by atoms with Gasteiger partial charge in [0.15, 0.2) is 6.29 Å². The van der Waals surface area contributed by atoms with Crippen LogP contribution in [0.25, 0.3) is 0 Å². The average molecular weight is 1020 g/mol. The molecule has 0 aromatic carbocycles. The molecule has 428 valence electrons. The number of aliphatic hydroxyl groups is 6. The molecular weight excluding hydrogens is 903 g/mol. The van der Waals surface area contributed by atoms with E-state index in [1.54, 1.807) is 0 Å². The second kappa shape index (κ2) is 52.0. The molecule has 72 heavy (non-hydrogen) atoms. The lowest BCUT2D eigenvalue weighted by atomic mass is 9.99. The highest BCUT2D eigenvalue weighted by Gasteiger charge is 2.44. The van der Waals surface area contributed by atoms with Gasteiger partial charge in [0.05, 0.1) is 25.4 Å². The van der Waals surface area contributed by atoms with Gasteiger partial charge in [0.25, 0.3) is 0 Å². The zero-order valence-corrected chi connectivity index (χ0v) is 47.3. The van der Waals surface area contributed by atoms with Gasteiger partial charge >= 0.3 is 0 Å². The van der Waals surface area contributed by atoms with Crippen molar-refractivity contribution in [3.8, 4) is 0 Å². The Balaban J connectivity index is 2.15. The SMILES string of the molecule is CCCCCCCCCCCCCC/C=C\CCCCCCCCCCCCCCCCCC(O)C(=O)NC(COC1OC(CO)C(O)C(O)C1O)C(O)CCCCCCCCCCCCCCCCCC. The van der Waals surface area contributed by atoms with Gasteiger partial charge in [0.2, 0.25) is 5.91 Å². The highest BCUT2D eigenvalue weighted by Crippen LogP contribution is 2.24. The highest BCUT2D eigenvalue weighted by atomic mass is 16.7. The third kappa shape index (κ3) is 40.2. The van der Waals surface area contributed by atoms with Crippen molar-refractivity contribution in [1.82, 2.24) is 5.32 Å². The Morgan fingerprint density at radius 2 is 0.778 bits per heavy atom. The third-order valence-corrected chi connectivity index (χ3v) is 15.5. The van der Waals surface area contributed by atoms with Crippen molar-refractivity contribution in [2.75, 3.05) is 13.2 Å². The van der Waals surface area contributed by atoms with Crippen LogP contribution in [-0.4, -0.2) is 98.7 Å². The molecular formula is C62H121NO9. The highest BCUT2D eigenvalue weighted by molar-refractivity contribution is 5.80. The Morgan fingerprint density at radius 1 is 0.458 bits per heavy atom. The zero-order valence-electron chi connectivity index (χ0n) is 47.3. The predicted molar refractivity (Wildman–Crippen MR) is 301 cm³/mol. The molecule has 1 heterocycles. The largest absolute Gasteiger partial charge is 0.394 e.